The van der Waals surface area contributed by atoms with E-state index in [9.17, 15) is 14.7 Å². The molecule has 6 heteroatoms. The topological polar surface area (TPSA) is 70.1 Å². The van der Waals surface area contributed by atoms with Crippen LogP contribution in [0.4, 0.5) is 0 Å². The Morgan fingerprint density at radius 1 is 1.12 bits per heavy atom. The Balaban J connectivity index is 2.02. The second-order valence-corrected chi connectivity index (χ2v) is 7.91. The number of carbonyl (C=O) groups excluding carboxylic acids is 2. The number of aliphatic hydroxyl groups is 1. The Morgan fingerprint density at radius 3 is 2.52 bits per heavy atom. The fourth-order valence-electron chi connectivity index (χ4n) is 4.14. The van der Waals surface area contributed by atoms with Gasteiger partial charge in [0.25, 0.3) is 11.7 Å². The van der Waals surface area contributed by atoms with Crippen LogP contribution in [0, 0.1) is 0 Å². The smallest absolute Gasteiger partial charge is 0.295 e. The second-order valence-electron chi connectivity index (χ2n) is 7.91. The number of aliphatic hydroxyl groups excluding tert-OH is 1. The number of rotatable bonds is 11. The summed E-state index contributed by atoms with van der Waals surface area (Å²) in [6.07, 6.45) is 2.38. The van der Waals surface area contributed by atoms with Crippen molar-refractivity contribution in [1.29, 1.82) is 0 Å². The third-order valence-electron chi connectivity index (χ3n) is 5.90. The van der Waals surface area contributed by atoms with Crippen molar-refractivity contribution in [2.75, 3.05) is 32.8 Å². The van der Waals surface area contributed by atoms with Gasteiger partial charge in [-0.2, -0.15) is 0 Å². The molecule has 1 heterocycles. The largest absolute Gasteiger partial charge is 0.507 e. The molecule has 0 saturated carbocycles. The number of carbonyl (C=O) groups is 2. The van der Waals surface area contributed by atoms with Crippen molar-refractivity contribution in [3.05, 3.63) is 84.0 Å². The normalized spacial score (nSPS) is 17.5. The zero-order valence-corrected chi connectivity index (χ0v) is 19.4. The van der Waals surface area contributed by atoms with Gasteiger partial charge in [-0.25, -0.2) is 0 Å². The van der Waals surface area contributed by atoms with Crippen LogP contribution >= 0.6 is 0 Å². The summed E-state index contributed by atoms with van der Waals surface area (Å²) in [6.45, 7) is 11.3. The van der Waals surface area contributed by atoms with Gasteiger partial charge in [0.15, 0.2) is 0 Å². The van der Waals surface area contributed by atoms with Crippen molar-refractivity contribution >= 4 is 17.4 Å². The molecule has 1 saturated heterocycles. The van der Waals surface area contributed by atoms with Crippen LogP contribution in [0.15, 0.2) is 72.8 Å². The van der Waals surface area contributed by atoms with Crippen molar-refractivity contribution in [2.45, 2.75) is 26.3 Å². The fourth-order valence-corrected chi connectivity index (χ4v) is 4.14. The van der Waals surface area contributed by atoms with Crippen molar-refractivity contribution in [2.24, 2.45) is 0 Å². The molecule has 0 spiro atoms. The second kappa shape index (κ2) is 11.5. The summed E-state index contributed by atoms with van der Waals surface area (Å²) in [7, 11) is 0. The SMILES string of the molecule is C=CCOc1cccc([C@H]2/C(=C(\O)c3ccccc3)C(=O)C(=O)N2CCCN(CC)CC)c1. The van der Waals surface area contributed by atoms with Crippen LogP contribution in [0.3, 0.4) is 0 Å². The minimum atomic E-state index is -0.686. The Hall–Kier alpha value is -3.38. The molecule has 0 bridgehead atoms. The number of amides is 1. The van der Waals surface area contributed by atoms with Gasteiger partial charge in [0.1, 0.15) is 18.1 Å². The van der Waals surface area contributed by atoms with Crippen LogP contribution in [-0.4, -0.2) is 59.4 Å². The maximum absolute atomic E-state index is 13.1. The molecule has 2 aromatic rings. The molecule has 1 aliphatic rings. The minimum Gasteiger partial charge on any atom is -0.507 e. The van der Waals surface area contributed by atoms with Gasteiger partial charge in [-0.05, 0) is 43.8 Å². The van der Waals surface area contributed by atoms with E-state index < -0.39 is 17.7 Å². The third kappa shape index (κ3) is 5.52. The van der Waals surface area contributed by atoms with E-state index in [1.165, 1.54) is 0 Å². The monoisotopic (exact) mass is 448 g/mol. The Morgan fingerprint density at radius 2 is 1.85 bits per heavy atom. The van der Waals surface area contributed by atoms with Gasteiger partial charge >= 0.3 is 0 Å². The minimum absolute atomic E-state index is 0.106. The van der Waals surface area contributed by atoms with Crippen LogP contribution in [0.25, 0.3) is 5.76 Å². The van der Waals surface area contributed by atoms with Gasteiger partial charge in [-0.1, -0.05) is 69.0 Å². The molecule has 1 N–H and O–H groups in total. The predicted octanol–water partition coefficient (Wildman–Crippen LogP) is 4.41. The standard InChI is InChI=1S/C27H32N2O4/c1-4-18-33-22-15-10-14-21(19-22)24-23(25(30)20-12-8-7-9-13-20)26(31)27(32)29(24)17-11-16-28(5-2)6-3/h4,7-10,12-15,19,24,30H,1,5-6,11,16-18H2,2-3H3/b25-23+/t24-/m0/s1. The number of hydrogen-bond donors (Lipinski definition) is 1. The molecule has 0 aromatic heterocycles. The van der Waals surface area contributed by atoms with Gasteiger partial charge in [-0.15, -0.1) is 0 Å². The third-order valence-corrected chi connectivity index (χ3v) is 5.90. The highest BCUT2D eigenvalue weighted by Gasteiger charge is 2.45. The number of Topliss-reactive ketones (excluding diaryl/α,β-unsaturated/α-hetero) is 1. The average molecular weight is 449 g/mol. The molecule has 33 heavy (non-hydrogen) atoms. The molecule has 1 aliphatic heterocycles. The molecule has 1 amide bonds. The van der Waals surface area contributed by atoms with E-state index in [0.29, 0.717) is 24.5 Å². The highest BCUT2D eigenvalue weighted by Crippen LogP contribution is 2.40. The zero-order chi connectivity index (χ0) is 23.8. The highest BCUT2D eigenvalue weighted by atomic mass is 16.5. The molecule has 1 fully saturated rings. The molecule has 2 aromatic carbocycles. The summed E-state index contributed by atoms with van der Waals surface area (Å²) in [5, 5.41) is 11.1. The zero-order valence-electron chi connectivity index (χ0n) is 19.4. The quantitative estimate of drug-likeness (QED) is 0.239. The van der Waals surface area contributed by atoms with E-state index in [-0.39, 0.29) is 11.3 Å². The maximum Gasteiger partial charge on any atom is 0.295 e. The lowest BCUT2D eigenvalue weighted by Gasteiger charge is -2.27. The molecular formula is C27H32N2O4. The first-order valence-electron chi connectivity index (χ1n) is 11.4. The average Bonchev–Trinajstić information content (AvgIpc) is 3.10. The van der Waals surface area contributed by atoms with Crippen molar-refractivity contribution in [1.82, 2.24) is 9.80 Å². The molecule has 0 unspecified atom stereocenters. The van der Waals surface area contributed by atoms with Gasteiger partial charge in [0.2, 0.25) is 0 Å². The number of nitrogens with zero attached hydrogens (tertiary/aromatic N) is 2. The molecule has 174 valence electrons. The fraction of sp³-hybridized carbons (Fsp3) is 0.333. The summed E-state index contributed by atoms with van der Waals surface area (Å²) in [4.78, 5) is 30.0. The molecule has 1 atom stereocenters. The van der Waals surface area contributed by atoms with E-state index >= 15 is 0 Å². The summed E-state index contributed by atoms with van der Waals surface area (Å²) < 4.78 is 5.67. The first kappa shape index (κ1) is 24.3. The summed E-state index contributed by atoms with van der Waals surface area (Å²) in [6, 6.07) is 15.5. The molecular weight excluding hydrogens is 416 g/mol. The summed E-state index contributed by atoms with van der Waals surface area (Å²) in [5.74, 6) is -0.806. The number of ether oxygens (including phenoxy) is 1. The van der Waals surface area contributed by atoms with Gasteiger partial charge in [0.05, 0.1) is 11.6 Å². The van der Waals surface area contributed by atoms with Crippen molar-refractivity contribution < 1.29 is 19.4 Å². The first-order chi connectivity index (χ1) is 16.0. The number of ketones is 1. The van der Waals surface area contributed by atoms with Gasteiger partial charge in [-0.3, -0.25) is 9.59 Å². The highest BCUT2D eigenvalue weighted by molar-refractivity contribution is 6.46. The lowest BCUT2D eigenvalue weighted by atomic mass is 9.95. The van der Waals surface area contributed by atoms with Crippen LogP contribution in [-0.2, 0) is 9.59 Å². The van der Waals surface area contributed by atoms with E-state index in [1.54, 1.807) is 35.2 Å². The number of hydrogen-bond acceptors (Lipinski definition) is 5. The molecule has 0 radical (unpaired) electrons. The number of benzene rings is 2. The van der Waals surface area contributed by atoms with E-state index in [0.717, 1.165) is 31.6 Å². The van der Waals surface area contributed by atoms with E-state index in [2.05, 4.69) is 25.3 Å². The lowest BCUT2D eigenvalue weighted by Crippen LogP contribution is -2.33. The van der Waals surface area contributed by atoms with E-state index in [1.807, 2.05) is 30.3 Å². The Labute approximate surface area is 195 Å². The number of likely N-dealkylation sites (tertiary alicyclic amines) is 1. The Kier molecular flexibility index (Phi) is 8.44. The van der Waals surface area contributed by atoms with Gasteiger partial charge in [0, 0.05) is 12.1 Å². The summed E-state index contributed by atoms with van der Waals surface area (Å²) >= 11 is 0. The van der Waals surface area contributed by atoms with Crippen LogP contribution in [0.2, 0.25) is 0 Å². The van der Waals surface area contributed by atoms with Crippen LogP contribution in [0.1, 0.15) is 37.4 Å². The van der Waals surface area contributed by atoms with Crippen molar-refractivity contribution in [3.63, 3.8) is 0 Å². The predicted molar refractivity (Wildman–Crippen MR) is 130 cm³/mol. The molecule has 3 rings (SSSR count). The maximum atomic E-state index is 13.1. The summed E-state index contributed by atoms with van der Waals surface area (Å²) in [5.41, 5.74) is 1.33. The molecule has 6 nitrogen and oxygen atoms in total. The van der Waals surface area contributed by atoms with E-state index in [4.69, 9.17) is 4.74 Å². The Bertz CT molecular complexity index is 1010. The van der Waals surface area contributed by atoms with Crippen LogP contribution < -0.4 is 4.74 Å². The van der Waals surface area contributed by atoms with Gasteiger partial charge < -0.3 is 19.6 Å². The van der Waals surface area contributed by atoms with Crippen molar-refractivity contribution in [3.8, 4) is 5.75 Å². The lowest BCUT2D eigenvalue weighted by molar-refractivity contribution is -0.140. The van der Waals surface area contributed by atoms with Crippen LogP contribution in [0.5, 0.6) is 5.75 Å². The molecule has 0 aliphatic carbocycles. The first-order valence-corrected chi connectivity index (χ1v) is 11.4.